The third-order valence-electron chi connectivity index (χ3n) is 6.52. The van der Waals surface area contributed by atoms with E-state index in [0.29, 0.717) is 6.42 Å². The molecule has 0 N–H and O–H groups in total. The first-order valence-electron chi connectivity index (χ1n) is 12.1. The molecule has 0 unspecified atom stereocenters. The van der Waals surface area contributed by atoms with Crippen LogP contribution in [0.25, 0.3) is 0 Å². The lowest BCUT2D eigenvalue weighted by Gasteiger charge is -2.28. The van der Waals surface area contributed by atoms with Crippen LogP contribution in [0.1, 0.15) is 98.8 Å². The Bertz CT molecular complexity index is 831. The van der Waals surface area contributed by atoms with Gasteiger partial charge in [0.05, 0.1) is 5.41 Å². The van der Waals surface area contributed by atoms with Crippen LogP contribution < -0.4 is 9.47 Å². The molecule has 0 aliphatic heterocycles. The molecule has 0 aliphatic rings. The van der Waals surface area contributed by atoms with Gasteiger partial charge in [-0.2, -0.15) is 0 Å². The van der Waals surface area contributed by atoms with Crippen LogP contribution in [0.5, 0.6) is 11.5 Å². The number of rotatable bonds is 11. The zero-order valence-electron chi connectivity index (χ0n) is 22.0. The van der Waals surface area contributed by atoms with Crippen molar-refractivity contribution in [3.63, 3.8) is 0 Å². The van der Waals surface area contributed by atoms with Gasteiger partial charge in [0.2, 0.25) is 0 Å². The van der Waals surface area contributed by atoms with Crippen LogP contribution in [-0.4, -0.2) is 17.2 Å². The third-order valence-corrected chi connectivity index (χ3v) is 6.52. The van der Waals surface area contributed by atoms with Gasteiger partial charge in [0, 0.05) is 0 Å². The summed E-state index contributed by atoms with van der Waals surface area (Å²) < 4.78 is 18.3. The summed E-state index contributed by atoms with van der Waals surface area (Å²) in [6.07, 6.45) is 2.01. The average Bonchev–Trinajstić information content (AvgIpc) is 2.78. The van der Waals surface area contributed by atoms with Crippen molar-refractivity contribution in [2.75, 3.05) is 0 Å². The number of carbonyl (C=O) groups is 1. The highest BCUT2D eigenvalue weighted by atomic mass is 16.5. The summed E-state index contributed by atoms with van der Waals surface area (Å²) in [5.41, 5.74) is 0.779. The Balaban J connectivity index is 2.35. The number of carbonyl (C=O) groups excluding carboxylic acids is 1. The zero-order valence-corrected chi connectivity index (χ0v) is 22.0. The van der Waals surface area contributed by atoms with Crippen LogP contribution in [0, 0.1) is 5.41 Å². The van der Waals surface area contributed by atoms with Crippen LogP contribution in [0.4, 0.5) is 0 Å². The van der Waals surface area contributed by atoms with E-state index in [1.807, 2.05) is 69.3 Å². The van der Waals surface area contributed by atoms with Crippen molar-refractivity contribution in [1.82, 2.24) is 0 Å². The fourth-order valence-electron chi connectivity index (χ4n) is 2.94. The van der Waals surface area contributed by atoms with Gasteiger partial charge in [0.25, 0.3) is 0 Å². The Morgan fingerprint density at radius 2 is 1.03 bits per heavy atom. The fraction of sp³-hybridized carbons (Fsp3) is 0.552. The van der Waals surface area contributed by atoms with Crippen molar-refractivity contribution in [2.24, 2.45) is 5.41 Å². The highest BCUT2D eigenvalue weighted by Gasteiger charge is 2.31. The Morgan fingerprint density at radius 1 is 0.667 bits per heavy atom. The first kappa shape index (κ1) is 26.8. The first-order chi connectivity index (χ1) is 15.3. The predicted molar refractivity (Wildman–Crippen MR) is 135 cm³/mol. The van der Waals surface area contributed by atoms with Crippen LogP contribution >= 0.6 is 0 Å². The quantitative estimate of drug-likeness (QED) is 0.324. The summed E-state index contributed by atoms with van der Waals surface area (Å²) in [4.78, 5) is 13.0. The van der Waals surface area contributed by atoms with E-state index >= 15 is 0 Å². The van der Waals surface area contributed by atoms with E-state index in [4.69, 9.17) is 14.2 Å². The second-order valence-electron chi connectivity index (χ2n) is 10.6. The molecule has 0 aromatic heterocycles. The van der Waals surface area contributed by atoms with Gasteiger partial charge in [0.1, 0.15) is 22.7 Å². The van der Waals surface area contributed by atoms with E-state index in [9.17, 15) is 4.79 Å². The smallest absolute Gasteiger partial charge is 0.312 e. The average molecular weight is 455 g/mol. The van der Waals surface area contributed by atoms with Crippen molar-refractivity contribution < 1.29 is 19.0 Å². The topological polar surface area (TPSA) is 44.8 Å². The molecule has 0 bridgehead atoms. The summed E-state index contributed by atoms with van der Waals surface area (Å²) in [6.45, 7) is 18.3. The standard InChI is InChI=1S/C29H42O4/c1-10-27(4,5)26(30)31-25(21-13-17-23(18-14-21)32-28(6,7)11-2)22-15-19-24(20-16-22)33-29(8,9)12-3/h13-20,25H,10-12H2,1-9H3. The van der Waals surface area contributed by atoms with E-state index in [1.54, 1.807) is 0 Å². The number of esters is 1. The van der Waals surface area contributed by atoms with Crippen LogP contribution in [0.15, 0.2) is 48.5 Å². The van der Waals surface area contributed by atoms with Gasteiger partial charge < -0.3 is 14.2 Å². The lowest BCUT2D eigenvalue weighted by Crippen LogP contribution is -2.28. The molecule has 0 radical (unpaired) electrons. The lowest BCUT2D eigenvalue weighted by molar-refractivity contribution is -0.158. The summed E-state index contributed by atoms with van der Waals surface area (Å²) in [6, 6.07) is 15.7. The molecule has 0 atom stereocenters. The molecule has 2 aromatic carbocycles. The summed E-state index contributed by atoms with van der Waals surface area (Å²) in [5.74, 6) is 1.39. The molecule has 4 nitrogen and oxygen atoms in total. The highest BCUT2D eigenvalue weighted by Crippen LogP contribution is 2.34. The van der Waals surface area contributed by atoms with Crippen LogP contribution in [-0.2, 0) is 9.53 Å². The molecule has 2 rings (SSSR count). The van der Waals surface area contributed by atoms with Gasteiger partial charge >= 0.3 is 5.97 Å². The Kier molecular flexibility index (Phi) is 8.62. The van der Waals surface area contributed by atoms with E-state index in [-0.39, 0.29) is 17.2 Å². The van der Waals surface area contributed by atoms with Gasteiger partial charge in [-0.05, 0) is 96.2 Å². The highest BCUT2D eigenvalue weighted by molar-refractivity contribution is 5.76. The maximum absolute atomic E-state index is 13.0. The van der Waals surface area contributed by atoms with E-state index < -0.39 is 11.5 Å². The van der Waals surface area contributed by atoms with Crippen molar-refractivity contribution in [3.05, 3.63) is 59.7 Å². The van der Waals surface area contributed by atoms with Crippen LogP contribution in [0.2, 0.25) is 0 Å². The molecular formula is C29H42O4. The molecule has 2 aromatic rings. The minimum Gasteiger partial charge on any atom is -0.488 e. The Hall–Kier alpha value is -2.49. The summed E-state index contributed by atoms with van der Waals surface area (Å²) in [5, 5.41) is 0. The van der Waals surface area contributed by atoms with E-state index in [1.165, 1.54) is 0 Å². The second kappa shape index (κ2) is 10.6. The van der Waals surface area contributed by atoms with Crippen LogP contribution in [0.3, 0.4) is 0 Å². The van der Waals surface area contributed by atoms with E-state index in [0.717, 1.165) is 35.5 Å². The number of ether oxygens (including phenoxy) is 3. The minimum atomic E-state index is -0.555. The SMILES string of the molecule is CCC(C)(C)Oc1ccc(C(OC(=O)C(C)(C)CC)c2ccc(OC(C)(C)CC)cc2)cc1. The molecule has 0 heterocycles. The molecule has 0 spiro atoms. The summed E-state index contributed by atoms with van der Waals surface area (Å²) in [7, 11) is 0. The van der Waals surface area contributed by atoms with Crippen molar-refractivity contribution in [2.45, 2.75) is 98.9 Å². The van der Waals surface area contributed by atoms with Gasteiger partial charge in [-0.25, -0.2) is 0 Å². The van der Waals surface area contributed by atoms with Crippen molar-refractivity contribution in [1.29, 1.82) is 0 Å². The zero-order chi connectivity index (χ0) is 24.9. The Morgan fingerprint density at radius 3 is 1.33 bits per heavy atom. The lowest BCUT2D eigenvalue weighted by atomic mass is 9.90. The number of benzene rings is 2. The normalized spacial score (nSPS) is 12.5. The largest absolute Gasteiger partial charge is 0.488 e. The molecule has 33 heavy (non-hydrogen) atoms. The molecule has 0 aliphatic carbocycles. The van der Waals surface area contributed by atoms with Crippen molar-refractivity contribution in [3.8, 4) is 11.5 Å². The van der Waals surface area contributed by atoms with E-state index in [2.05, 4.69) is 41.5 Å². The number of hydrogen-bond donors (Lipinski definition) is 0. The predicted octanol–water partition coefficient (Wildman–Crippen LogP) is 7.89. The maximum atomic E-state index is 13.0. The maximum Gasteiger partial charge on any atom is 0.312 e. The van der Waals surface area contributed by atoms with Gasteiger partial charge in [-0.1, -0.05) is 45.0 Å². The minimum absolute atomic E-state index is 0.213. The van der Waals surface area contributed by atoms with Gasteiger partial charge in [0.15, 0.2) is 6.10 Å². The molecule has 0 saturated heterocycles. The molecule has 182 valence electrons. The third kappa shape index (κ3) is 7.52. The molecule has 4 heteroatoms. The van der Waals surface area contributed by atoms with Gasteiger partial charge in [-0.15, -0.1) is 0 Å². The first-order valence-corrected chi connectivity index (χ1v) is 12.1. The Labute approximate surface area is 200 Å². The van der Waals surface area contributed by atoms with Crippen molar-refractivity contribution >= 4 is 5.97 Å². The second-order valence-corrected chi connectivity index (χ2v) is 10.6. The molecule has 0 saturated carbocycles. The number of hydrogen-bond acceptors (Lipinski definition) is 4. The molecule has 0 fully saturated rings. The molecular weight excluding hydrogens is 412 g/mol. The summed E-state index contributed by atoms with van der Waals surface area (Å²) >= 11 is 0. The monoisotopic (exact) mass is 454 g/mol. The fourth-order valence-corrected chi connectivity index (χ4v) is 2.94. The molecule has 0 amide bonds. The van der Waals surface area contributed by atoms with Gasteiger partial charge in [-0.3, -0.25) is 4.79 Å².